The van der Waals surface area contributed by atoms with Gasteiger partial charge in [0.1, 0.15) is 10.1 Å². The number of thiocarbonyl (C=S) groups is 1. The van der Waals surface area contributed by atoms with E-state index in [1.54, 1.807) is 47.4 Å². The Balaban J connectivity index is 1.17. The number of hydrogen-bond donors (Lipinski definition) is 1. The summed E-state index contributed by atoms with van der Waals surface area (Å²) >= 11 is 12.6. The fourth-order valence-corrected chi connectivity index (χ4v) is 5.03. The number of carbonyl (C=O) groups excluding carboxylic acids is 2. The van der Waals surface area contributed by atoms with Crippen molar-refractivity contribution in [1.82, 2.24) is 4.90 Å². The van der Waals surface area contributed by atoms with Crippen LogP contribution in [0.2, 0.25) is 5.02 Å². The highest BCUT2D eigenvalue weighted by Gasteiger charge is 2.32. The number of thioether (sulfide) groups is 1. The molecule has 2 aliphatic heterocycles. The van der Waals surface area contributed by atoms with E-state index in [4.69, 9.17) is 38.0 Å². The maximum Gasteiger partial charge on any atom is 0.266 e. The molecular formula is C26H19ClN2O5S2. The SMILES string of the molecule is O=C(COc1ccc(/C=C2\SC(=S)N(Cc3ccc4c(c3)OCO4)C2=O)cc1)Nc1cccc(Cl)c1. The molecule has 7 nitrogen and oxygen atoms in total. The van der Waals surface area contributed by atoms with Crippen molar-refractivity contribution < 1.29 is 23.8 Å². The summed E-state index contributed by atoms with van der Waals surface area (Å²) in [7, 11) is 0. The largest absolute Gasteiger partial charge is 0.484 e. The smallest absolute Gasteiger partial charge is 0.266 e. The fourth-order valence-electron chi connectivity index (χ4n) is 3.58. The third-order valence-electron chi connectivity index (χ3n) is 5.31. The lowest BCUT2D eigenvalue weighted by Crippen LogP contribution is -2.27. The number of nitrogens with zero attached hydrogens (tertiary/aromatic N) is 1. The Labute approximate surface area is 222 Å². The Morgan fingerprint density at radius 2 is 1.92 bits per heavy atom. The van der Waals surface area contributed by atoms with E-state index in [2.05, 4.69) is 5.32 Å². The van der Waals surface area contributed by atoms with E-state index in [0.717, 1.165) is 11.1 Å². The molecule has 2 amide bonds. The number of fused-ring (bicyclic) bond motifs is 1. The van der Waals surface area contributed by atoms with E-state index in [1.807, 2.05) is 30.3 Å². The van der Waals surface area contributed by atoms with E-state index in [9.17, 15) is 9.59 Å². The van der Waals surface area contributed by atoms with Gasteiger partial charge in [0.15, 0.2) is 18.1 Å². The Bertz CT molecular complexity index is 1380. The molecule has 0 bridgehead atoms. The number of anilines is 1. The van der Waals surface area contributed by atoms with Crippen LogP contribution in [0.1, 0.15) is 11.1 Å². The van der Waals surface area contributed by atoms with E-state index >= 15 is 0 Å². The highest BCUT2D eigenvalue weighted by molar-refractivity contribution is 8.26. The number of ether oxygens (including phenoxy) is 3. The second-order valence-electron chi connectivity index (χ2n) is 7.87. The van der Waals surface area contributed by atoms with Crippen molar-refractivity contribution in [2.45, 2.75) is 6.54 Å². The molecule has 182 valence electrons. The van der Waals surface area contributed by atoms with Gasteiger partial charge in [-0.3, -0.25) is 14.5 Å². The fraction of sp³-hybridized carbons (Fsp3) is 0.115. The minimum atomic E-state index is -0.299. The van der Waals surface area contributed by atoms with Crippen molar-refractivity contribution >= 4 is 63.5 Å². The molecule has 1 N–H and O–H groups in total. The number of rotatable bonds is 7. The second kappa shape index (κ2) is 10.6. The molecule has 10 heteroatoms. The summed E-state index contributed by atoms with van der Waals surface area (Å²) in [5.74, 6) is 1.44. The quantitative estimate of drug-likeness (QED) is 0.315. The maximum atomic E-state index is 13.0. The van der Waals surface area contributed by atoms with Gasteiger partial charge in [0, 0.05) is 10.7 Å². The molecule has 1 saturated heterocycles. The van der Waals surface area contributed by atoms with Crippen LogP contribution in [0.3, 0.4) is 0 Å². The van der Waals surface area contributed by atoms with Crippen molar-refractivity contribution in [2.24, 2.45) is 0 Å². The van der Waals surface area contributed by atoms with E-state index in [1.165, 1.54) is 11.8 Å². The van der Waals surface area contributed by atoms with Crippen LogP contribution >= 0.6 is 35.6 Å². The molecule has 1 fully saturated rings. The molecule has 0 unspecified atom stereocenters. The maximum absolute atomic E-state index is 13.0. The lowest BCUT2D eigenvalue weighted by molar-refractivity contribution is -0.122. The van der Waals surface area contributed by atoms with Crippen molar-refractivity contribution in [3.8, 4) is 17.2 Å². The van der Waals surface area contributed by atoms with Crippen LogP contribution in [0.4, 0.5) is 5.69 Å². The van der Waals surface area contributed by atoms with Gasteiger partial charge in [-0.15, -0.1) is 0 Å². The van der Waals surface area contributed by atoms with Gasteiger partial charge in [0.05, 0.1) is 11.4 Å². The standard InChI is InChI=1S/C26H19ClN2O5S2/c27-18-2-1-3-19(12-18)28-24(30)14-32-20-7-4-16(5-8-20)11-23-25(31)29(26(35)36-23)13-17-6-9-21-22(10-17)34-15-33-21/h1-12H,13-15H2,(H,28,30)/b23-11-. The molecule has 2 heterocycles. The molecule has 0 saturated carbocycles. The number of halogens is 1. The highest BCUT2D eigenvalue weighted by Crippen LogP contribution is 2.36. The van der Waals surface area contributed by atoms with Crippen LogP contribution in [0, 0.1) is 0 Å². The van der Waals surface area contributed by atoms with Gasteiger partial charge in [-0.05, 0) is 59.7 Å². The van der Waals surface area contributed by atoms with Gasteiger partial charge < -0.3 is 19.5 Å². The minimum absolute atomic E-state index is 0.148. The molecule has 2 aliphatic rings. The van der Waals surface area contributed by atoms with Gasteiger partial charge in [-0.25, -0.2) is 0 Å². The van der Waals surface area contributed by atoms with Crippen molar-refractivity contribution in [1.29, 1.82) is 0 Å². The monoisotopic (exact) mass is 538 g/mol. The zero-order valence-corrected chi connectivity index (χ0v) is 21.1. The number of amides is 2. The summed E-state index contributed by atoms with van der Waals surface area (Å²) in [6.45, 7) is 0.398. The van der Waals surface area contributed by atoms with E-state index < -0.39 is 0 Å². The summed E-state index contributed by atoms with van der Waals surface area (Å²) in [5.41, 5.74) is 2.31. The van der Waals surface area contributed by atoms with Crippen LogP contribution in [-0.2, 0) is 16.1 Å². The third kappa shape index (κ3) is 5.64. The summed E-state index contributed by atoms with van der Waals surface area (Å²) in [5, 5.41) is 3.26. The zero-order valence-electron chi connectivity index (χ0n) is 18.7. The first kappa shape index (κ1) is 24.2. The average Bonchev–Trinajstić information content (AvgIpc) is 3.43. The third-order valence-corrected chi connectivity index (χ3v) is 6.92. The van der Waals surface area contributed by atoms with E-state index in [-0.39, 0.29) is 25.2 Å². The molecule has 0 radical (unpaired) electrons. The molecule has 0 atom stereocenters. The van der Waals surface area contributed by atoms with Crippen LogP contribution in [0.15, 0.2) is 71.6 Å². The predicted molar refractivity (Wildman–Crippen MR) is 143 cm³/mol. The molecule has 3 aromatic carbocycles. The first-order valence-corrected chi connectivity index (χ1v) is 12.5. The van der Waals surface area contributed by atoms with Crippen LogP contribution in [0.5, 0.6) is 17.2 Å². The van der Waals surface area contributed by atoms with Crippen LogP contribution in [-0.4, -0.2) is 34.4 Å². The average molecular weight is 539 g/mol. The Morgan fingerprint density at radius 1 is 1.11 bits per heavy atom. The van der Waals surface area contributed by atoms with Gasteiger partial charge in [0.25, 0.3) is 11.8 Å². The first-order valence-electron chi connectivity index (χ1n) is 10.9. The van der Waals surface area contributed by atoms with E-state index in [0.29, 0.717) is 43.7 Å². The van der Waals surface area contributed by atoms with Crippen molar-refractivity contribution in [3.05, 3.63) is 87.8 Å². The van der Waals surface area contributed by atoms with Crippen LogP contribution in [0.25, 0.3) is 6.08 Å². The summed E-state index contributed by atoms with van der Waals surface area (Å²) in [6, 6.07) is 19.6. The molecule has 5 rings (SSSR count). The molecule has 0 aliphatic carbocycles. The summed E-state index contributed by atoms with van der Waals surface area (Å²) in [6.07, 6.45) is 1.79. The van der Waals surface area contributed by atoms with Crippen molar-refractivity contribution in [3.63, 3.8) is 0 Å². The Hall–Kier alpha value is -3.53. The number of benzene rings is 3. The van der Waals surface area contributed by atoms with Crippen molar-refractivity contribution in [2.75, 3.05) is 18.7 Å². The molecule has 0 spiro atoms. The molecule has 0 aromatic heterocycles. The Morgan fingerprint density at radius 3 is 2.72 bits per heavy atom. The van der Waals surface area contributed by atoms with Gasteiger partial charge in [-0.1, -0.05) is 59.8 Å². The second-order valence-corrected chi connectivity index (χ2v) is 9.98. The zero-order chi connectivity index (χ0) is 25.1. The lowest BCUT2D eigenvalue weighted by Gasteiger charge is -2.14. The topological polar surface area (TPSA) is 77.1 Å². The summed E-state index contributed by atoms with van der Waals surface area (Å²) < 4.78 is 16.8. The normalized spacial score (nSPS) is 15.5. The molecule has 36 heavy (non-hydrogen) atoms. The number of nitrogens with one attached hydrogen (secondary N) is 1. The Kier molecular flexibility index (Phi) is 7.13. The molecular weight excluding hydrogens is 520 g/mol. The lowest BCUT2D eigenvalue weighted by atomic mass is 10.2. The minimum Gasteiger partial charge on any atom is -0.484 e. The first-order chi connectivity index (χ1) is 17.4. The number of hydrogen-bond acceptors (Lipinski definition) is 7. The van der Waals surface area contributed by atoms with Gasteiger partial charge in [0.2, 0.25) is 6.79 Å². The van der Waals surface area contributed by atoms with Crippen LogP contribution < -0.4 is 19.5 Å². The predicted octanol–water partition coefficient (Wildman–Crippen LogP) is 5.49. The highest BCUT2D eigenvalue weighted by atomic mass is 35.5. The summed E-state index contributed by atoms with van der Waals surface area (Å²) in [4.78, 5) is 27.2. The van der Waals surface area contributed by atoms with Gasteiger partial charge in [-0.2, -0.15) is 0 Å². The molecule has 3 aromatic rings. The van der Waals surface area contributed by atoms with Gasteiger partial charge >= 0.3 is 0 Å². The number of carbonyl (C=O) groups is 2.